The topological polar surface area (TPSA) is 54.4 Å². The monoisotopic (exact) mass is 218 g/mol. The molecule has 0 atom stereocenters. The van der Waals surface area contributed by atoms with Crippen LogP contribution in [-0.4, -0.2) is 23.0 Å². The summed E-state index contributed by atoms with van der Waals surface area (Å²) in [6, 6.07) is 4.20. The molecular formula is C9H5F3O3. The third-order valence-electron chi connectivity index (χ3n) is 1.66. The van der Waals surface area contributed by atoms with Crippen LogP contribution in [0.25, 0.3) is 0 Å². The molecule has 80 valence electrons. The van der Waals surface area contributed by atoms with Crippen molar-refractivity contribution in [1.82, 2.24) is 0 Å². The lowest BCUT2D eigenvalue weighted by atomic mass is 10.0. The summed E-state index contributed by atoms with van der Waals surface area (Å²) in [5.74, 6) is -3.72. The highest BCUT2D eigenvalue weighted by Gasteiger charge is 2.40. The average molecular weight is 218 g/mol. The van der Waals surface area contributed by atoms with Crippen molar-refractivity contribution >= 4 is 11.8 Å². The molecule has 0 aromatic heterocycles. The van der Waals surface area contributed by atoms with Gasteiger partial charge in [-0.1, -0.05) is 18.2 Å². The second-order valence-corrected chi connectivity index (χ2v) is 2.68. The predicted octanol–water partition coefficient (Wildman–Crippen LogP) is 2.13. The Morgan fingerprint density at radius 1 is 1.07 bits per heavy atom. The Kier molecular flexibility index (Phi) is 2.78. The van der Waals surface area contributed by atoms with E-state index in [0.29, 0.717) is 0 Å². The molecule has 1 aromatic carbocycles. The number of hydrogen-bond acceptors (Lipinski definition) is 2. The lowest BCUT2D eigenvalue weighted by Crippen LogP contribution is -2.24. The molecular weight excluding hydrogens is 213 g/mol. The van der Waals surface area contributed by atoms with Gasteiger partial charge in [-0.3, -0.25) is 4.79 Å². The Morgan fingerprint density at radius 2 is 1.53 bits per heavy atom. The molecule has 0 bridgehead atoms. The van der Waals surface area contributed by atoms with E-state index in [-0.39, 0.29) is 0 Å². The van der Waals surface area contributed by atoms with E-state index in [4.69, 9.17) is 5.11 Å². The third-order valence-corrected chi connectivity index (χ3v) is 1.66. The summed E-state index contributed by atoms with van der Waals surface area (Å²) in [4.78, 5) is 21.3. The minimum absolute atomic E-state index is 0.653. The van der Waals surface area contributed by atoms with Crippen LogP contribution in [0.5, 0.6) is 0 Å². The van der Waals surface area contributed by atoms with Gasteiger partial charge in [0.05, 0.1) is 5.56 Å². The van der Waals surface area contributed by atoms with E-state index < -0.39 is 29.1 Å². The van der Waals surface area contributed by atoms with Crippen LogP contribution in [-0.2, 0) is 0 Å². The number of alkyl halides is 3. The van der Waals surface area contributed by atoms with Gasteiger partial charge in [-0.15, -0.1) is 0 Å². The first-order valence-corrected chi connectivity index (χ1v) is 3.78. The number of carboxylic acids is 1. The van der Waals surface area contributed by atoms with Crippen molar-refractivity contribution in [1.29, 1.82) is 0 Å². The predicted molar refractivity (Wildman–Crippen MR) is 43.8 cm³/mol. The molecule has 0 unspecified atom stereocenters. The van der Waals surface area contributed by atoms with E-state index in [1.807, 2.05) is 0 Å². The molecule has 1 aromatic rings. The van der Waals surface area contributed by atoms with E-state index in [9.17, 15) is 22.8 Å². The molecule has 0 saturated carbocycles. The summed E-state index contributed by atoms with van der Waals surface area (Å²) >= 11 is 0. The maximum absolute atomic E-state index is 12.0. The minimum Gasteiger partial charge on any atom is -0.478 e. The average Bonchev–Trinajstić information content (AvgIpc) is 2.15. The summed E-state index contributed by atoms with van der Waals surface area (Å²) in [5, 5.41) is 8.56. The number of carbonyl (C=O) groups excluding carboxylic acids is 1. The molecule has 0 aliphatic heterocycles. The Bertz CT molecular complexity index is 409. The highest BCUT2D eigenvalue weighted by molar-refractivity contribution is 6.08. The SMILES string of the molecule is O=C(O)c1ccccc1C(=O)C(F)(F)F. The summed E-state index contributed by atoms with van der Waals surface area (Å²) in [7, 11) is 0. The zero-order chi connectivity index (χ0) is 11.6. The molecule has 0 saturated heterocycles. The van der Waals surface area contributed by atoms with Crippen molar-refractivity contribution < 1.29 is 27.9 Å². The molecule has 0 aliphatic carbocycles. The number of halogens is 3. The van der Waals surface area contributed by atoms with E-state index in [1.54, 1.807) is 0 Å². The second kappa shape index (κ2) is 3.72. The van der Waals surface area contributed by atoms with E-state index >= 15 is 0 Å². The summed E-state index contributed by atoms with van der Waals surface area (Å²) in [6.45, 7) is 0. The molecule has 0 fully saturated rings. The fourth-order valence-corrected chi connectivity index (χ4v) is 1.02. The van der Waals surface area contributed by atoms with Gasteiger partial charge < -0.3 is 5.11 Å². The smallest absolute Gasteiger partial charge is 0.454 e. The van der Waals surface area contributed by atoms with Crippen LogP contribution in [0.1, 0.15) is 20.7 Å². The maximum atomic E-state index is 12.0. The molecule has 15 heavy (non-hydrogen) atoms. The lowest BCUT2D eigenvalue weighted by molar-refractivity contribution is -0.0885. The zero-order valence-electron chi connectivity index (χ0n) is 7.21. The van der Waals surface area contributed by atoms with Crippen molar-refractivity contribution in [2.45, 2.75) is 6.18 Å². The van der Waals surface area contributed by atoms with Gasteiger partial charge in [0, 0.05) is 5.56 Å². The molecule has 0 amide bonds. The van der Waals surface area contributed by atoms with Crippen molar-refractivity contribution in [2.24, 2.45) is 0 Å². The number of carboxylic acid groups (broad SMARTS) is 1. The van der Waals surface area contributed by atoms with E-state index in [0.717, 1.165) is 12.1 Å². The lowest BCUT2D eigenvalue weighted by Gasteiger charge is -2.07. The van der Waals surface area contributed by atoms with Gasteiger partial charge >= 0.3 is 12.1 Å². The number of carbonyl (C=O) groups is 2. The standard InChI is InChI=1S/C9H5F3O3/c10-9(11,12)7(13)5-3-1-2-4-6(5)8(14)15/h1-4H,(H,14,15). The summed E-state index contributed by atoms with van der Waals surface area (Å²) < 4.78 is 36.1. The molecule has 0 radical (unpaired) electrons. The molecule has 3 nitrogen and oxygen atoms in total. The van der Waals surface area contributed by atoms with Crippen molar-refractivity contribution in [3.05, 3.63) is 35.4 Å². The molecule has 0 heterocycles. The summed E-state index contributed by atoms with van der Waals surface area (Å²) in [5.41, 5.74) is -1.50. The Labute approximate surface area is 82.1 Å². The second-order valence-electron chi connectivity index (χ2n) is 2.68. The van der Waals surface area contributed by atoms with Gasteiger partial charge in [-0.25, -0.2) is 4.79 Å². The van der Waals surface area contributed by atoms with Crippen LogP contribution in [0.15, 0.2) is 24.3 Å². The van der Waals surface area contributed by atoms with E-state index in [2.05, 4.69) is 0 Å². The van der Waals surface area contributed by atoms with Gasteiger partial charge in [0.1, 0.15) is 0 Å². The molecule has 0 aliphatic rings. The van der Waals surface area contributed by atoms with Crippen molar-refractivity contribution in [3.8, 4) is 0 Å². The fraction of sp³-hybridized carbons (Fsp3) is 0.111. The van der Waals surface area contributed by atoms with Crippen LogP contribution in [0.3, 0.4) is 0 Å². The Hall–Kier alpha value is -1.85. The molecule has 1 rings (SSSR count). The first kappa shape index (κ1) is 11.2. The number of ketones is 1. The number of benzene rings is 1. The number of Topliss-reactive ketones (excluding diaryl/α,β-unsaturated/α-hetero) is 1. The number of aromatic carboxylic acids is 1. The fourth-order valence-electron chi connectivity index (χ4n) is 1.02. The molecule has 6 heteroatoms. The highest BCUT2D eigenvalue weighted by atomic mass is 19.4. The van der Waals surface area contributed by atoms with Gasteiger partial charge in [-0.2, -0.15) is 13.2 Å². The van der Waals surface area contributed by atoms with Crippen molar-refractivity contribution in [3.63, 3.8) is 0 Å². The summed E-state index contributed by atoms with van der Waals surface area (Å²) in [6.07, 6.45) is -5.06. The largest absolute Gasteiger partial charge is 0.478 e. The van der Waals surface area contributed by atoms with Gasteiger partial charge in [0.2, 0.25) is 0 Å². The maximum Gasteiger partial charge on any atom is 0.454 e. The van der Waals surface area contributed by atoms with E-state index in [1.165, 1.54) is 12.1 Å². The molecule has 0 spiro atoms. The Morgan fingerprint density at radius 3 is 1.93 bits per heavy atom. The zero-order valence-corrected chi connectivity index (χ0v) is 7.21. The Balaban J connectivity index is 3.26. The first-order valence-electron chi connectivity index (χ1n) is 3.78. The van der Waals surface area contributed by atoms with Crippen LogP contribution in [0.2, 0.25) is 0 Å². The van der Waals surface area contributed by atoms with Crippen LogP contribution < -0.4 is 0 Å². The number of rotatable bonds is 2. The van der Waals surface area contributed by atoms with Crippen LogP contribution >= 0.6 is 0 Å². The van der Waals surface area contributed by atoms with Crippen LogP contribution in [0, 0.1) is 0 Å². The highest BCUT2D eigenvalue weighted by Crippen LogP contribution is 2.23. The molecule has 1 N–H and O–H groups in total. The quantitative estimate of drug-likeness (QED) is 0.773. The minimum atomic E-state index is -5.06. The third kappa shape index (κ3) is 2.34. The van der Waals surface area contributed by atoms with Gasteiger partial charge in [0.25, 0.3) is 5.78 Å². The first-order chi connectivity index (χ1) is 6.84. The van der Waals surface area contributed by atoms with Gasteiger partial charge in [-0.05, 0) is 6.07 Å². The number of hydrogen-bond donors (Lipinski definition) is 1. The van der Waals surface area contributed by atoms with Gasteiger partial charge in [0.15, 0.2) is 0 Å². The van der Waals surface area contributed by atoms with Crippen LogP contribution in [0.4, 0.5) is 13.2 Å². The normalized spacial score (nSPS) is 11.1. The van der Waals surface area contributed by atoms with Crippen molar-refractivity contribution in [2.75, 3.05) is 0 Å².